The summed E-state index contributed by atoms with van der Waals surface area (Å²) in [6.45, 7) is 3.40. The zero-order valence-corrected chi connectivity index (χ0v) is 23.0. The maximum absolute atomic E-state index is 13.9. The lowest BCUT2D eigenvalue weighted by Gasteiger charge is -2.31. The highest BCUT2D eigenvalue weighted by Crippen LogP contribution is 2.40. The van der Waals surface area contributed by atoms with Crippen molar-refractivity contribution in [2.45, 2.75) is 55.8 Å². The van der Waals surface area contributed by atoms with Crippen LogP contribution in [0.3, 0.4) is 0 Å². The van der Waals surface area contributed by atoms with Crippen molar-refractivity contribution >= 4 is 33.2 Å². The topological polar surface area (TPSA) is 156 Å². The van der Waals surface area contributed by atoms with Crippen molar-refractivity contribution in [3.8, 4) is 10.6 Å². The number of alkyl halides is 3. The third-order valence-corrected chi connectivity index (χ3v) is 9.09. The van der Waals surface area contributed by atoms with Crippen LogP contribution in [0.2, 0.25) is 0 Å². The molecule has 1 saturated heterocycles. The molecule has 0 radical (unpaired) electrons. The number of anilines is 1. The minimum Gasteiger partial charge on any atom is -0.390 e. The van der Waals surface area contributed by atoms with E-state index < -0.39 is 39.0 Å². The van der Waals surface area contributed by atoms with Crippen LogP contribution in [0.15, 0.2) is 29.6 Å². The van der Waals surface area contributed by atoms with E-state index in [4.69, 9.17) is 5.73 Å². The number of amides is 1. The van der Waals surface area contributed by atoms with Gasteiger partial charge in [0.05, 0.1) is 27.9 Å². The lowest BCUT2D eigenvalue weighted by atomic mass is 10.0. The van der Waals surface area contributed by atoms with Gasteiger partial charge in [-0.25, -0.2) is 18.4 Å². The Morgan fingerprint density at radius 3 is 2.46 bits per heavy atom. The van der Waals surface area contributed by atoms with Crippen molar-refractivity contribution in [3.63, 3.8) is 0 Å². The van der Waals surface area contributed by atoms with Crippen LogP contribution in [0.5, 0.6) is 0 Å². The van der Waals surface area contributed by atoms with Gasteiger partial charge in [0.1, 0.15) is 10.5 Å². The molecule has 4 N–H and O–H groups in total. The van der Waals surface area contributed by atoms with Crippen molar-refractivity contribution in [3.05, 3.63) is 40.7 Å². The first kappa shape index (κ1) is 28.9. The predicted molar refractivity (Wildman–Crippen MR) is 137 cm³/mol. The van der Waals surface area contributed by atoms with Gasteiger partial charge in [0.25, 0.3) is 0 Å². The second-order valence-corrected chi connectivity index (χ2v) is 13.0. The predicted octanol–water partition coefficient (Wildman–Crippen LogP) is 2.63. The number of hydrogen-bond acceptors (Lipinski definition) is 9. The molecule has 1 fully saturated rings. The average molecular weight is 588 g/mol. The Kier molecular flexibility index (Phi) is 7.77. The maximum atomic E-state index is 13.9. The normalized spacial score (nSPS) is 16.0. The summed E-state index contributed by atoms with van der Waals surface area (Å²) in [7, 11) is -2.09. The largest absolute Gasteiger partial charge is 0.420 e. The number of piperidine rings is 1. The Bertz CT molecular complexity index is 1470. The number of nitrogens with two attached hydrogens (primary N) is 1. The molecule has 4 rings (SSSR count). The Labute approximate surface area is 226 Å². The summed E-state index contributed by atoms with van der Waals surface area (Å²) in [5, 5.41) is 17.1. The van der Waals surface area contributed by atoms with Gasteiger partial charge in [0.15, 0.2) is 0 Å². The average Bonchev–Trinajstić information content (AvgIpc) is 3.44. The van der Waals surface area contributed by atoms with Gasteiger partial charge in [-0.2, -0.15) is 22.6 Å². The molecule has 0 atom stereocenters. The van der Waals surface area contributed by atoms with Crippen molar-refractivity contribution in [2.75, 3.05) is 18.4 Å². The first-order chi connectivity index (χ1) is 18.0. The molecule has 16 heteroatoms. The van der Waals surface area contributed by atoms with E-state index in [1.54, 1.807) is 7.05 Å². The molecule has 4 heterocycles. The van der Waals surface area contributed by atoms with E-state index in [0.717, 1.165) is 11.3 Å². The summed E-state index contributed by atoms with van der Waals surface area (Å²) in [5.41, 5.74) is 2.73. The van der Waals surface area contributed by atoms with Gasteiger partial charge in [-0.3, -0.25) is 9.48 Å². The Hall–Kier alpha value is -3.08. The summed E-state index contributed by atoms with van der Waals surface area (Å²) < 4.78 is 70.0. The number of carbonyl (C=O) groups is 1. The molecule has 212 valence electrons. The Morgan fingerprint density at radius 1 is 1.26 bits per heavy atom. The third kappa shape index (κ3) is 6.57. The molecular formula is C23H28F3N7O4S2. The second kappa shape index (κ2) is 10.5. The molecule has 1 aliphatic rings. The zero-order valence-electron chi connectivity index (χ0n) is 21.4. The second-order valence-electron chi connectivity index (χ2n) is 9.93. The summed E-state index contributed by atoms with van der Waals surface area (Å²) in [6.07, 6.45) is -0.649. The highest BCUT2D eigenvalue weighted by Gasteiger charge is 2.37. The number of aryl methyl sites for hydroxylation is 1. The number of hydrogen-bond donors (Lipinski definition) is 3. The molecular weight excluding hydrogens is 559 g/mol. The number of aromatic nitrogens is 4. The van der Waals surface area contributed by atoms with Gasteiger partial charge >= 0.3 is 6.18 Å². The fourth-order valence-electron chi connectivity index (χ4n) is 4.23. The number of thiophene rings is 1. The van der Waals surface area contributed by atoms with Gasteiger partial charge in [-0.1, -0.05) is 0 Å². The SMILES string of the molecule is Cn1cc(S(=O)(=O)N2CCC(Nc3ncc(C(F)(F)F)c(-c4cc(C(N)=O)c(CC(C)(C)O)s4)n3)CC2)cn1. The van der Waals surface area contributed by atoms with Gasteiger partial charge < -0.3 is 16.2 Å². The van der Waals surface area contributed by atoms with E-state index >= 15 is 0 Å². The maximum Gasteiger partial charge on any atom is 0.420 e. The van der Waals surface area contributed by atoms with Gasteiger partial charge in [0.2, 0.25) is 21.9 Å². The first-order valence-corrected chi connectivity index (χ1v) is 14.1. The monoisotopic (exact) mass is 587 g/mol. The van der Waals surface area contributed by atoms with E-state index in [-0.39, 0.29) is 46.8 Å². The number of halogens is 3. The number of sulfonamides is 1. The Balaban J connectivity index is 1.57. The van der Waals surface area contributed by atoms with E-state index in [1.807, 2.05) is 0 Å². The number of aliphatic hydroxyl groups is 1. The van der Waals surface area contributed by atoms with Crippen LogP contribution in [-0.4, -0.2) is 68.2 Å². The molecule has 0 aromatic carbocycles. The van der Waals surface area contributed by atoms with E-state index in [9.17, 15) is 31.5 Å². The zero-order chi connectivity index (χ0) is 28.8. The van der Waals surface area contributed by atoms with Crippen molar-refractivity contribution < 1.29 is 31.5 Å². The standard InChI is InChI=1S/C23H28F3N7O4S2/c1-22(2,35)9-18-15(20(27)34)8-17(38-18)19-16(23(24,25)26)11-28-21(31-19)30-13-4-6-33(7-5-13)39(36,37)14-10-29-32(3)12-14/h8,10-13,35H,4-7,9H2,1-3H3,(H2,27,34)(H,28,30,31). The van der Waals surface area contributed by atoms with Gasteiger partial charge in [-0.05, 0) is 32.8 Å². The van der Waals surface area contributed by atoms with Gasteiger partial charge in [-0.15, -0.1) is 11.3 Å². The van der Waals surface area contributed by atoms with Crippen LogP contribution >= 0.6 is 11.3 Å². The van der Waals surface area contributed by atoms with Crippen LogP contribution in [0.1, 0.15) is 47.5 Å². The number of nitrogens with zero attached hydrogens (tertiary/aromatic N) is 5. The molecule has 39 heavy (non-hydrogen) atoms. The van der Waals surface area contributed by atoms with Crippen molar-refractivity contribution in [1.82, 2.24) is 24.1 Å². The van der Waals surface area contributed by atoms with E-state index in [1.165, 1.54) is 41.3 Å². The lowest BCUT2D eigenvalue weighted by Crippen LogP contribution is -2.42. The van der Waals surface area contributed by atoms with Crippen LogP contribution in [0.4, 0.5) is 19.1 Å². The van der Waals surface area contributed by atoms with Crippen LogP contribution < -0.4 is 11.1 Å². The third-order valence-electron chi connectivity index (χ3n) is 6.10. The minimum absolute atomic E-state index is 0.00794. The summed E-state index contributed by atoms with van der Waals surface area (Å²) in [6, 6.07) is 0.960. The highest BCUT2D eigenvalue weighted by molar-refractivity contribution is 7.89. The smallest absolute Gasteiger partial charge is 0.390 e. The molecule has 3 aromatic heterocycles. The van der Waals surface area contributed by atoms with E-state index in [2.05, 4.69) is 20.4 Å². The number of primary amides is 1. The Morgan fingerprint density at radius 2 is 1.92 bits per heavy atom. The highest BCUT2D eigenvalue weighted by atomic mass is 32.2. The summed E-state index contributed by atoms with van der Waals surface area (Å²) >= 11 is 0.896. The molecule has 0 bridgehead atoms. The fraction of sp³-hybridized carbons (Fsp3) is 0.478. The number of rotatable bonds is 8. The molecule has 1 aliphatic heterocycles. The van der Waals surface area contributed by atoms with Crippen LogP contribution in [-0.2, 0) is 29.7 Å². The molecule has 0 aliphatic carbocycles. The molecule has 0 saturated carbocycles. The number of carbonyl (C=O) groups excluding carboxylic acids is 1. The fourth-order valence-corrected chi connectivity index (χ4v) is 7.07. The van der Waals surface area contributed by atoms with Crippen LogP contribution in [0.25, 0.3) is 10.6 Å². The summed E-state index contributed by atoms with van der Waals surface area (Å²) in [4.78, 5) is 20.5. The number of nitrogens with one attached hydrogen (secondary N) is 1. The van der Waals surface area contributed by atoms with Crippen molar-refractivity contribution in [2.24, 2.45) is 12.8 Å². The molecule has 3 aromatic rings. The molecule has 11 nitrogen and oxygen atoms in total. The van der Waals surface area contributed by atoms with Crippen LogP contribution in [0, 0.1) is 0 Å². The van der Waals surface area contributed by atoms with Gasteiger partial charge in [0, 0.05) is 49.9 Å². The molecule has 0 spiro atoms. The molecule has 1 amide bonds. The minimum atomic E-state index is -4.77. The lowest BCUT2D eigenvalue weighted by molar-refractivity contribution is -0.137. The summed E-state index contributed by atoms with van der Waals surface area (Å²) in [5.74, 6) is -0.893. The van der Waals surface area contributed by atoms with Crippen molar-refractivity contribution in [1.29, 1.82) is 0 Å². The quantitative estimate of drug-likeness (QED) is 0.363. The molecule has 0 unspecified atom stereocenters. The van der Waals surface area contributed by atoms with E-state index in [0.29, 0.717) is 23.9 Å². The first-order valence-electron chi connectivity index (χ1n) is 11.9.